The highest BCUT2D eigenvalue weighted by Gasteiger charge is 2.46. The molecule has 1 aliphatic heterocycles. The van der Waals surface area contributed by atoms with Crippen LogP contribution in [-0.4, -0.2) is 52.0 Å². The van der Waals surface area contributed by atoms with E-state index >= 15 is 0 Å². The Labute approximate surface area is 198 Å². The summed E-state index contributed by atoms with van der Waals surface area (Å²) in [5.74, 6) is 0.198. The smallest absolute Gasteiger partial charge is 0.357 e. The predicted molar refractivity (Wildman–Crippen MR) is 122 cm³/mol. The first-order valence-corrected chi connectivity index (χ1v) is 13.7. The second kappa shape index (κ2) is 9.17. The predicted octanol–water partition coefficient (Wildman–Crippen LogP) is 3.52. The van der Waals surface area contributed by atoms with Crippen molar-refractivity contribution in [2.45, 2.75) is 21.2 Å². The quantitative estimate of drug-likeness (QED) is 0.497. The van der Waals surface area contributed by atoms with Gasteiger partial charge >= 0.3 is 5.51 Å². The van der Waals surface area contributed by atoms with E-state index in [9.17, 15) is 30.0 Å². The zero-order valence-corrected chi connectivity index (χ0v) is 19.9. The molecule has 1 N–H and O–H groups in total. The second-order valence-corrected chi connectivity index (χ2v) is 12.3. The molecule has 0 bridgehead atoms. The van der Waals surface area contributed by atoms with Crippen molar-refractivity contribution in [3.63, 3.8) is 0 Å². The third kappa shape index (κ3) is 5.19. The Morgan fingerprint density at radius 1 is 1.03 bits per heavy atom. The fraction of sp³-hybridized carbons (Fsp3) is 0.250. The van der Waals surface area contributed by atoms with E-state index in [1.165, 1.54) is 24.4 Å². The molecule has 8 nitrogen and oxygen atoms in total. The standard InChI is InChI=1S/C20H19F3N4O4S3/c21-20(22,23)33(28,29)17-5-3-16(4-6-17)27-10-9-26(14-27)13-15-7-8-24-18(12-15)25-34(30,31)19-2-1-11-32-19/h1-8,11-12H,9-10,13-14H2,(H,24,25). The number of alkyl halides is 3. The summed E-state index contributed by atoms with van der Waals surface area (Å²) in [5, 5.41) is 1.67. The third-order valence-electron chi connectivity index (χ3n) is 5.10. The van der Waals surface area contributed by atoms with E-state index in [2.05, 4.69) is 14.6 Å². The van der Waals surface area contributed by atoms with Gasteiger partial charge in [0.2, 0.25) is 0 Å². The molecule has 1 aliphatic rings. The number of pyridine rings is 1. The summed E-state index contributed by atoms with van der Waals surface area (Å²) in [6.07, 6.45) is 1.51. The molecule has 34 heavy (non-hydrogen) atoms. The molecule has 0 amide bonds. The summed E-state index contributed by atoms with van der Waals surface area (Å²) in [4.78, 5) is 7.25. The van der Waals surface area contributed by atoms with Gasteiger partial charge in [0.05, 0.1) is 11.6 Å². The number of hydrogen-bond acceptors (Lipinski definition) is 8. The number of thiophene rings is 1. The molecule has 14 heteroatoms. The summed E-state index contributed by atoms with van der Waals surface area (Å²) >= 11 is 1.10. The lowest BCUT2D eigenvalue weighted by Crippen LogP contribution is -2.25. The number of nitrogens with zero attached hydrogens (tertiary/aromatic N) is 3. The Bertz CT molecular complexity index is 1360. The van der Waals surface area contributed by atoms with Crippen molar-refractivity contribution in [3.05, 3.63) is 65.7 Å². The van der Waals surface area contributed by atoms with Crippen molar-refractivity contribution in [2.75, 3.05) is 29.4 Å². The van der Waals surface area contributed by atoms with Gasteiger partial charge in [0.1, 0.15) is 10.0 Å². The summed E-state index contributed by atoms with van der Waals surface area (Å²) in [7, 11) is -9.09. The Balaban J connectivity index is 1.40. The number of halogens is 3. The summed E-state index contributed by atoms with van der Waals surface area (Å²) in [6, 6.07) is 11.2. The topological polar surface area (TPSA) is 99.7 Å². The molecule has 1 saturated heterocycles. The van der Waals surface area contributed by atoms with E-state index in [1.54, 1.807) is 23.6 Å². The number of aromatic nitrogens is 1. The summed E-state index contributed by atoms with van der Waals surface area (Å²) in [5.41, 5.74) is -3.92. The number of hydrogen-bond donors (Lipinski definition) is 1. The Kier molecular flexibility index (Phi) is 6.59. The molecule has 0 saturated carbocycles. The van der Waals surface area contributed by atoms with Crippen molar-refractivity contribution in [2.24, 2.45) is 0 Å². The van der Waals surface area contributed by atoms with Gasteiger partial charge in [-0.05, 0) is 53.4 Å². The molecule has 1 fully saturated rings. The lowest BCUT2D eigenvalue weighted by atomic mass is 10.2. The molecule has 3 aromatic rings. The minimum Gasteiger partial charge on any atom is -0.357 e. The first-order chi connectivity index (χ1) is 16.0. The maximum atomic E-state index is 12.7. The maximum Gasteiger partial charge on any atom is 0.501 e. The van der Waals surface area contributed by atoms with Gasteiger partial charge in [0.25, 0.3) is 19.9 Å². The largest absolute Gasteiger partial charge is 0.501 e. The van der Waals surface area contributed by atoms with Crippen molar-refractivity contribution in [1.82, 2.24) is 9.88 Å². The van der Waals surface area contributed by atoms with Crippen LogP contribution in [0.25, 0.3) is 0 Å². The van der Waals surface area contributed by atoms with E-state index in [4.69, 9.17) is 0 Å². The number of benzene rings is 1. The van der Waals surface area contributed by atoms with Crippen molar-refractivity contribution in [1.29, 1.82) is 0 Å². The molecule has 182 valence electrons. The van der Waals surface area contributed by atoms with Crippen LogP contribution in [0, 0.1) is 0 Å². The van der Waals surface area contributed by atoms with Crippen LogP contribution >= 0.6 is 11.3 Å². The fourth-order valence-electron chi connectivity index (χ4n) is 3.45. The molecular weight excluding hydrogens is 513 g/mol. The number of nitrogens with one attached hydrogen (secondary N) is 1. The lowest BCUT2D eigenvalue weighted by molar-refractivity contribution is -0.0436. The van der Waals surface area contributed by atoms with Gasteiger partial charge in [0, 0.05) is 31.5 Å². The minimum atomic E-state index is -5.38. The van der Waals surface area contributed by atoms with Gasteiger partial charge in [-0.25, -0.2) is 21.8 Å². The van der Waals surface area contributed by atoms with Gasteiger partial charge < -0.3 is 4.90 Å². The van der Waals surface area contributed by atoms with Crippen LogP contribution < -0.4 is 9.62 Å². The van der Waals surface area contributed by atoms with E-state index in [-0.39, 0.29) is 10.0 Å². The van der Waals surface area contributed by atoms with Crippen LogP contribution in [0.4, 0.5) is 24.7 Å². The van der Waals surface area contributed by atoms with Crippen LogP contribution in [0.15, 0.2) is 69.2 Å². The first kappa shape index (κ1) is 24.4. The van der Waals surface area contributed by atoms with Crippen molar-refractivity contribution < 1.29 is 30.0 Å². The van der Waals surface area contributed by atoms with Crippen LogP contribution in [0.2, 0.25) is 0 Å². The highest BCUT2D eigenvalue weighted by molar-refractivity contribution is 7.94. The van der Waals surface area contributed by atoms with Crippen LogP contribution in [0.5, 0.6) is 0 Å². The molecule has 3 heterocycles. The van der Waals surface area contributed by atoms with Gasteiger partial charge in [-0.2, -0.15) is 13.2 Å². The monoisotopic (exact) mass is 532 g/mol. The minimum absolute atomic E-state index is 0.184. The van der Waals surface area contributed by atoms with Crippen molar-refractivity contribution in [3.8, 4) is 0 Å². The highest BCUT2D eigenvalue weighted by atomic mass is 32.2. The van der Waals surface area contributed by atoms with Crippen LogP contribution in [-0.2, 0) is 26.4 Å². The van der Waals surface area contributed by atoms with Crippen LogP contribution in [0.1, 0.15) is 5.56 Å². The van der Waals surface area contributed by atoms with Gasteiger partial charge in [0.15, 0.2) is 0 Å². The summed E-state index contributed by atoms with van der Waals surface area (Å²) < 4.78 is 88.7. The van der Waals surface area contributed by atoms with E-state index in [0.29, 0.717) is 32.0 Å². The van der Waals surface area contributed by atoms with Gasteiger partial charge in [-0.1, -0.05) is 6.07 Å². The average molecular weight is 533 g/mol. The maximum absolute atomic E-state index is 12.7. The molecular formula is C20H19F3N4O4S3. The molecule has 0 unspecified atom stereocenters. The molecule has 0 aliphatic carbocycles. The SMILES string of the molecule is O=S(=O)(Nc1cc(CN2CCN(c3ccc(S(=O)(=O)C(F)(F)F)cc3)C2)ccn1)c1cccs1. The number of sulfonamides is 1. The average Bonchev–Trinajstić information content (AvgIpc) is 3.46. The Hall–Kier alpha value is -2.68. The molecule has 2 aromatic heterocycles. The van der Waals surface area contributed by atoms with Crippen LogP contribution in [0.3, 0.4) is 0 Å². The molecule has 4 rings (SSSR count). The normalized spacial score (nSPS) is 15.6. The highest BCUT2D eigenvalue weighted by Crippen LogP contribution is 2.31. The van der Waals surface area contributed by atoms with Gasteiger partial charge in [-0.3, -0.25) is 9.62 Å². The second-order valence-electron chi connectivity index (χ2n) is 7.49. The zero-order valence-electron chi connectivity index (χ0n) is 17.4. The lowest BCUT2D eigenvalue weighted by Gasteiger charge is -2.20. The third-order valence-corrected chi connectivity index (χ3v) is 9.36. The van der Waals surface area contributed by atoms with E-state index < -0.39 is 30.3 Å². The molecule has 1 aromatic carbocycles. The fourth-order valence-corrected chi connectivity index (χ4v) is 6.20. The number of rotatable bonds is 7. The Morgan fingerprint density at radius 2 is 1.76 bits per heavy atom. The van der Waals surface area contributed by atoms with E-state index in [0.717, 1.165) is 29.0 Å². The molecule has 0 spiro atoms. The first-order valence-electron chi connectivity index (χ1n) is 9.86. The summed E-state index contributed by atoms with van der Waals surface area (Å²) in [6.45, 7) is 2.20. The number of sulfone groups is 1. The van der Waals surface area contributed by atoms with Gasteiger partial charge in [-0.15, -0.1) is 11.3 Å². The molecule has 0 radical (unpaired) electrons. The zero-order chi connectivity index (χ0) is 24.6. The molecule has 0 atom stereocenters. The van der Waals surface area contributed by atoms with Crippen molar-refractivity contribution >= 4 is 42.7 Å². The Morgan fingerprint density at radius 3 is 2.41 bits per heavy atom. The van der Waals surface area contributed by atoms with E-state index in [1.807, 2.05) is 4.90 Å². The number of anilines is 2.